The van der Waals surface area contributed by atoms with Gasteiger partial charge < -0.3 is 10.1 Å². The fourth-order valence-electron chi connectivity index (χ4n) is 1.20. The number of rotatable bonds is 4. The highest BCUT2D eigenvalue weighted by atomic mass is 32.1. The number of aromatic nitrogens is 2. The fourth-order valence-corrected chi connectivity index (χ4v) is 1.71. The molecular weight excluding hydrogens is 240 g/mol. The number of nitrogens with zero attached hydrogens (tertiary/aromatic N) is 2. The summed E-state index contributed by atoms with van der Waals surface area (Å²) in [5.41, 5.74) is 5.79. The Labute approximate surface area is 102 Å². The molecule has 17 heavy (non-hydrogen) atoms. The van der Waals surface area contributed by atoms with Crippen molar-refractivity contribution in [3.8, 4) is 5.88 Å². The van der Waals surface area contributed by atoms with Crippen molar-refractivity contribution in [2.24, 2.45) is 5.73 Å². The standard InChI is InChI=1S/C10H10N4O2S/c11-6-16-9-10(17-14-13-9)12-8(15)7-4-2-1-3-5-7/h1-5H,6,11H2,(H,12,15). The van der Waals surface area contributed by atoms with Gasteiger partial charge in [-0.2, -0.15) is 0 Å². The van der Waals surface area contributed by atoms with E-state index in [4.69, 9.17) is 10.5 Å². The van der Waals surface area contributed by atoms with Gasteiger partial charge in [-0.15, -0.1) is 0 Å². The van der Waals surface area contributed by atoms with E-state index in [2.05, 4.69) is 14.9 Å². The molecule has 1 aromatic carbocycles. The largest absolute Gasteiger partial charge is 0.459 e. The lowest BCUT2D eigenvalue weighted by Crippen LogP contribution is -2.13. The number of carbonyl (C=O) groups is 1. The molecule has 0 bridgehead atoms. The summed E-state index contributed by atoms with van der Waals surface area (Å²) < 4.78 is 8.70. The van der Waals surface area contributed by atoms with Gasteiger partial charge in [0.1, 0.15) is 6.73 Å². The van der Waals surface area contributed by atoms with E-state index < -0.39 is 0 Å². The van der Waals surface area contributed by atoms with Gasteiger partial charge in [-0.25, -0.2) is 0 Å². The lowest BCUT2D eigenvalue weighted by molar-refractivity contribution is 0.102. The molecule has 7 heteroatoms. The first-order valence-electron chi connectivity index (χ1n) is 4.83. The summed E-state index contributed by atoms with van der Waals surface area (Å²) in [6.07, 6.45) is 0. The molecule has 3 N–H and O–H groups in total. The van der Waals surface area contributed by atoms with Crippen LogP contribution in [-0.2, 0) is 0 Å². The third kappa shape index (κ3) is 2.77. The van der Waals surface area contributed by atoms with Gasteiger partial charge in [-0.05, 0) is 12.1 Å². The van der Waals surface area contributed by atoms with Gasteiger partial charge in [0.2, 0.25) is 0 Å². The monoisotopic (exact) mass is 250 g/mol. The van der Waals surface area contributed by atoms with E-state index in [1.807, 2.05) is 6.07 Å². The van der Waals surface area contributed by atoms with Crippen LogP contribution in [0.4, 0.5) is 5.00 Å². The van der Waals surface area contributed by atoms with Crippen LogP contribution in [0.5, 0.6) is 5.88 Å². The maximum absolute atomic E-state index is 11.8. The first kappa shape index (κ1) is 11.5. The second-order valence-corrected chi connectivity index (χ2v) is 3.79. The summed E-state index contributed by atoms with van der Waals surface area (Å²) in [6.45, 7) is -0.0143. The Morgan fingerprint density at radius 1 is 1.41 bits per heavy atom. The fraction of sp³-hybridized carbons (Fsp3) is 0.100. The quantitative estimate of drug-likeness (QED) is 0.792. The van der Waals surface area contributed by atoms with Crippen LogP contribution in [0.25, 0.3) is 0 Å². The number of anilines is 1. The Morgan fingerprint density at radius 2 is 2.18 bits per heavy atom. The predicted octanol–water partition coefficient (Wildman–Crippen LogP) is 1.09. The number of nitrogens with two attached hydrogens (primary N) is 1. The van der Waals surface area contributed by atoms with Crippen LogP contribution in [0.2, 0.25) is 0 Å². The average molecular weight is 250 g/mol. The van der Waals surface area contributed by atoms with Crippen LogP contribution in [0.15, 0.2) is 30.3 Å². The van der Waals surface area contributed by atoms with Crippen LogP contribution < -0.4 is 15.8 Å². The zero-order valence-corrected chi connectivity index (χ0v) is 9.61. The van der Waals surface area contributed by atoms with Crippen molar-refractivity contribution in [1.82, 2.24) is 9.59 Å². The van der Waals surface area contributed by atoms with Gasteiger partial charge in [0, 0.05) is 17.1 Å². The highest BCUT2D eigenvalue weighted by molar-refractivity contribution is 7.10. The lowest BCUT2D eigenvalue weighted by Gasteiger charge is -2.03. The molecule has 0 aliphatic rings. The van der Waals surface area contributed by atoms with Gasteiger partial charge in [0.15, 0.2) is 5.00 Å². The molecule has 0 unspecified atom stereocenters. The number of hydrogen-bond donors (Lipinski definition) is 2. The molecular formula is C10H10N4O2S. The zero-order chi connectivity index (χ0) is 12.1. The molecule has 0 aliphatic heterocycles. The van der Waals surface area contributed by atoms with Gasteiger partial charge in [0.05, 0.1) is 0 Å². The van der Waals surface area contributed by atoms with E-state index in [1.165, 1.54) is 0 Å². The molecule has 0 fully saturated rings. The maximum atomic E-state index is 11.8. The third-order valence-corrected chi connectivity index (χ3v) is 2.56. The number of hydrogen-bond acceptors (Lipinski definition) is 6. The number of nitrogens with one attached hydrogen (secondary N) is 1. The van der Waals surface area contributed by atoms with E-state index in [0.717, 1.165) is 11.5 Å². The van der Waals surface area contributed by atoms with Crippen molar-refractivity contribution in [3.05, 3.63) is 35.9 Å². The van der Waals surface area contributed by atoms with Crippen molar-refractivity contribution in [1.29, 1.82) is 0 Å². The molecule has 6 nitrogen and oxygen atoms in total. The minimum Gasteiger partial charge on any atom is -0.459 e. The Hall–Kier alpha value is -1.99. The van der Waals surface area contributed by atoms with Crippen LogP contribution in [0.1, 0.15) is 10.4 Å². The van der Waals surface area contributed by atoms with E-state index in [9.17, 15) is 4.79 Å². The molecule has 0 saturated carbocycles. The van der Waals surface area contributed by atoms with Crippen molar-refractivity contribution >= 4 is 22.4 Å². The van der Waals surface area contributed by atoms with Gasteiger partial charge in [-0.3, -0.25) is 10.5 Å². The lowest BCUT2D eigenvalue weighted by atomic mass is 10.2. The smallest absolute Gasteiger partial charge is 0.272 e. The van der Waals surface area contributed by atoms with Gasteiger partial charge in [-0.1, -0.05) is 27.8 Å². The van der Waals surface area contributed by atoms with Crippen LogP contribution in [-0.4, -0.2) is 22.2 Å². The minimum atomic E-state index is -0.237. The Morgan fingerprint density at radius 3 is 2.88 bits per heavy atom. The van der Waals surface area contributed by atoms with Crippen LogP contribution in [0, 0.1) is 0 Å². The summed E-state index contributed by atoms with van der Waals surface area (Å²) in [5.74, 6) is 0.000280. The Kier molecular flexibility index (Phi) is 3.63. The highest BCUT2D eigenvalue weighted by Gasteiger charge is 2.13. The van der Waals surface area contributed by atoms with E-state index in [1.54, 1.807) is 24.3 Å². The summed E-state index contributed by atoms with van der Waals surface area (Å²) in [5, 5.41) is 6.82. The van der Waals surface area contributed by atoms with Gasteiger partial charge >= 0.3 is 0 Å². The second-order valence-electron chi connectivity index (χ2n) is 3.04. The molecule has 88 valence electrons. The average Bonchev–Trinajstić information content (AvgIpc) is 2.78. The van der Waals surface area contributed by atoms with Crippen molar-refractivity contribution in [3.63, 3.8) is 0 Å². The van der Waals surface area contributed by atoms with E-state index in [0.29, 0.717) is 10.6 Å². The van der Waals surface area contributed by atoms with Crippen molar-refractivity contribution in [2.75, 3.05) is 12.0 Å². The van der Waals surface area contributed by atoms with Crippen LogP contribution in [0.3, 0.4) is 0 Å². The van der Waals surface area contributed by atoms with E-state index in [-0.39, 0.29) is 18.5 Å². The molecule has 0 atom stereocenters. The molecule has 0 saturated heterocycles. The highest BCUT2D eigenvalue weighted by Crippen LogP contribution is 2.25. The van der Waals surface area contributed by atoms with E-state index >= 15 is 0 Å². The molecule has 2 aromatic rings. The Balaban J connectivity index is 2.11. The summed E-state index contributed by atoms with van der Waals surface area (Å²) >= 11 is 1.04. The number of carbonyl (C=O) groups excluding carboxylic acids is 1. The SMILES string of the molecule is NCOc1nnsc1NC(=O)c1ccccc1. The normalized spacial score (nSPS) is 9.94. The molecule has 0 spiro atoms. The number of amides is 1. The molecule has 1 amide bonds. The number of benzene rings is 1. The van der Waals surface area contributed by atoms with Crippen molar-refractivity contribution < 1.29 is 9.53 Å². The summed E-state index contributed by atoms with van der Waals surface area (Å²) in [4.78, 5) is 11.8. The predicted molar refractivity (Wildman–Crippen MR) is 64.0 cm³/mol. The second kappa shape index (κ2) is 5.37. The minimum absolute atomic E-state index is 0.0143. The first-order chi connectivity index (χ1) is 8.31. The topological polar surface area (TPSA) is 90.1 Å². The molecule has 0 radical (unpaired) electrons. The first-order valence-corrected chi connectivity index (χ1v) is 5.60. The van der Waals surface area contributed by atoms with Crippen LogP contribution >= 0.6 is 11.5 Å². The zero-order valence-electron chi connectivity index (χ0n) is 8.79. The van der Waals surface area contributed by atoms with Crippen molar-refractivity contribution in [2.45, 2.75) is 0 Å². The summed E-state index contributed by atoms with van der Waals surface area (Å²) in [7, 11) is 0. The molecule has 1 aromatic heterocycles. The molecule has 2 rings (SSSR count). The number of ether oxygens (including phenoxy) is 1. The van der Waals surface area contributed by atoms with Gasteiger partial charge in [0.25, 0.3) is 11.8 Å². The maximum Gasteiger partial charge on any atom is 0.272 e. The Bertz CT molecular complexity index is 500. The molecule has 0 aliphatic carbocycles. The third-order valence-electron chi connectivity index (χ3n) is 1.94. The molecule has 1 heterocycles. The summed E-state index contributed by atoms with van der Waals surface area (Å²) in [6, 6.07) is 8.85.